The highest BCUT2D eigenvalue weighted by molar-refractivity contribution is 5.78. The highest BCUT2D eigenvalue weighted by Gasteiger charge is 2.38. The summed E-state index contributed by atoms with van der Waals surface area (Å²) in [5, 5.41) is 3.96. The normalized spacial score (nSPS) is 30.0. The van der Waals surface area contributed by atoms with E-state index >= 15 is 0 Å². The zero-order chi connectivity index (χ0) is 15.7. The van der Waals surface area contributed by atoms with E-state index in [1.807, 2.05) is 14.0 Å². The Morgan fingerprint density at radius 1 is 1.45 bits per heavy atom. The molecular formula is C15H24N4O3. The lowest BCUT2D eigenvalue weighted by molar-refractivity contribution is -0.145. The van der Waals surface area contributed by atoms with Crippen molar-refractivity contribution < 1.29 is 14.1 Å². The Bertz CT molecular complexity index is 533. The maximum absolute atomic E-state index is 11.9. The van der Waals surface area contributed by atoms with Crippen molar-refractivity contribution in [3.05, 3.63) is 11.7 Å². The fourth-order valence-electron chi connectivity index (χ4n) is 3.44. The van der Waals surface area contributed by atoms with E-state index in [4.69, 9.17) is 9.26 Å². The molecule has 3 heterocycles. The van der Waals surface area contributed by atoms with Gasteiger partial charge < -0.3 is 9.26 Å². The number of rotatable bonds is 4. The van der Waals surface area contributed by atoms with Crippen molar-refractivity contribution in [3.8, 4) is 0 Å². The van der Waals surface area contributed by atoms with Crippen molar-refractivity contribution in [1.29, 1.82) is 0 Å². The first-order valence-corrected chi connectivity index (χ1v) is 7.97. The fraction of sp³-hybridized carbons (Fsp3) is 0.800. The Kier molecular flexibility index (Phi) is 4.44. The molecule has 122 valence electrons. The second-order valence-corrected chi connectivity index (χ2v) is 6.43. The topological polar surface area (TPSA) is 71.7 Å². The Morgan fingerprint density at radius 3 is 2.91 bits per heavy atom. The van der Waals surface area contributed by atoms with Crippen LogP contribution >= 0.6 is 0 Å². The van der Waals surface area contributed by atoms with Gasteiger partial charge in [0.25, 0.3) is 0 Å². The maximum Gasteiger partial charge on any atom is 0.323 e. The van der Waals surface area contributed by atoms with E-state index in [-0.39, 0.29) is 18.1 Å². The molecule has 2 fully saturated rings. The molecule has 0 aromatic carbocycles. The fourth-order valence-corrected chi connectivity index (χ4v) is 3.44. The third-order valence-electron chi connectivity index (χ3n) is 4.63. The molecule has 3 rings (SSSR count). The molecule has 1 aromatic heterocycles. The first kappa shape index (κ1) is 15.4. The molecule has 2 aliphatic rings. The van der Waals surface area contributed by atoms with E-state index in [1.54, 1.807) is 6.92 Å². The molecular weight excluding hydrogens is 284 g/mol. The number of hydrogen-bond donors (Lipinski definition) is 0. The summed E-state index contributed by atoms with van der Waals surface area (Å²) >= 11 is 0. The van der Waals surface area contributed by atoms with Crippen LogP contribution < -0.4 is 0 Å². The van der Waals surface area contributed by atoms with Gasteiger partial charge in [-0.3, -0.25) is 14.6 Å². The lowest BCUT2D eigenvalue weighted by Crippen LogP contribution is -2.51. The molecule has 0 amide bonds. The minimum Gasteiger partial charge on any atom is -0.461 e. The van der Waals surface area contributed by atoms with Gasteiger partial charge in [0.2, 0.25) is 5.89 Å². The highest BCUT2D eigenvalue weighted by atomic mass is 16.6. The van der Waals surface area contributed by atoms with Crippen LogP contribution in [0.5, 0.6) is 0 Å². The number of hydrogen-bond acceptors (Lipinski definition) is 7. The van der Waals surface area contributed by atoms with Crippen LogP contribution in [0.3, 0.4) is 0 Å². The second kappa shape index (κ2) is 6.34. The van der Waals surface area contributed by atoms with E-state index in [0.29, 0.717) is 18.5 Å². The molecule has 0 saturated carbocycles. The lowest BCUT2D eigenvalue weighted by atomic mass is 10.0. The SMILES string of the molecule is Cc1nc(CN2CCC[C@H](N(C)[C@@H]3C[C@@H](C)OC3=O)C2)no1. The van der Waals surface area contributed by atoms with Crippen LogP contribution in [0.25, 0.3) is 0 Å². The molecule has 0 aliphatic carbocycles. The summed E-state index contributed by atoms with van der Waals surface area (Å²) in [6.07, 6.45) is 3.04. The van der Waals surface area contributed by atoms with Crippen LogP contribution in [0.15, 0.2) is 4.52 Å². The number of likely N-dealkylation sites (tertiary alicyclic amines) is 1. The molecule has 0 unspecified atom stereocenters. The summed E-state index contributed by atoms with van der Waals surface area (Å²) in [6, 6.07) is 0.261. The maximum atomic E-state index is 11.9. The molecule has 0 bridgehead atoms. The number of carbonyl (C=O) groups is 1. The molecule has 2 aliphatic heterocycles. The first-order valence-electron chi connectivity index (χ1n) is 7.97. The summed E-state index contributed by atoms with van der Waals surface area (Å²) in [4.78, 5) is 20.7. The number of carbonyl (C=O) groups excluding carboxylic acids is 1. The molecule has 2 saturated heterocycles. The van der Waals surface area contributed by atoms with Gasteiger partial charge in [-0.05, 0) is 33.4 Å². The molecule has 0 radical (unpaired) electrons. The van der Waals surface area contributed by atoms with Gasteiger partial charge in [0.1, 0.15) is 12.1 Å². The summed E-state index contributed by atoms with van der Waals surface area (Å²) in [5.41, 5.74) is 0. The van der Waals surface area contributed by atoms with Crippen molar-refractivity contribution in [2.24, 2.45) is 0 Å². The molecule has 0 N–H and O–H groups in total. The van der Waals surface area contributed by atoms with Crippen molar-refractivity contribution >= 4 is 5.97 Å². The minimum absolute atomic E-state index is 0.0296. The van der Waals surface area contributed by atoms with Crippen molar-refractivity contribution in [2.45, 2.75) is 57.8 Å². The third kappa shape index (κ3) is 3.30. The van der Waals surface area contributed by atoms with Crippen LogP contribution in [0.4, 0.5) is 0 Å². The predicted molar refractivity (Wildman–Crippen MR) is 79.1 cm³/mol. The number of aryl methyl sites for hydroxylation is 1. The zero-order valence-corrected chi connectivity index (χ0v) is 13.5. The lowest BCUT2D eigenvalue weighted by Gasteiger charge is -2.38. The van der Waals surface area contributed by atoms with Gasteiger partial charge in [0.15, 0.2) is 5.82 Å². The number of piperidine rings is 1. The largest absolute Gasteiger partial charge is 0.461 e. The highest BCUT2D eigenvalue weighted by Crippen LogP contribution is 2.24. The first-order chi connectivity index (χ1) is 10.5. The van der Waals surface area contributed by atoms with E-state index in [0.717, 1.165) is 38.2 Å². The number of likely N-dealkylation sites (N-methyl/N-ethyl adjacent to an activating group) is 1. The van der Waals surface area contributed by atoms with Crippen LogP contribution in [0.2, 0.25) is 0 Å². The number of nitrogens with zero attached hydrogens (tertiary/aromatic N) is 4. The Morgan fingerprint density at radius 2 is 2.27 bits per heavy atom. The van der Waals surface area contributed by atoms with Crippen LogP contribution in [0.1, 0.15) is 37.9 Å². The van der Waals surface area contributed by atoms with E-state index in [2.05, 4.69) is 19.9 Å². The number of cyclic esters (lactones) is 1. The summed E-state index contributed by atoms with van der Waals surface area (Å²) in [7, 11) is 2.04. The molecule has 22 heavy (non-hydrogen) atoms. The Balaban J connectivity index is 1.59. The Hall–Kier alpha value is -1.47. The van der Waals surface area contributed by atoms with Gasteiger partial charge in [-0.25, -0.2) is 0 Å². The number of aromatic nitrogens is 2. The quantitative estimate of drug-likeness (QED) is 0.768. The standard InChI is InChI=1S/C15H24N4O3/c1-10-7-13(15(20)21-10)18(3)12-5-4-6-19(8-12)9-14-16-11(2)22-17-14/h10,12-13H,4-9H2,1-3H3/t10-,12+,13-/m1/s1. The van der Waals surface area contributed by atoms with Crippen LogP contribution in [0, 0.1) is 6.92 Å². The molecule has 1 aromatic rings. The van der Waals surface area contributed by atoms with Crippen LogP contribution in [-0.4, -0.2) is 64.2 Å². The monoisotopic (exact) mass is 308 g/mol. The van der Waals surface area contributed by atoms with Crippen molar-refractivity contribution in [1.82, 2.24) is 19.9 Å². The van der Waals surface area contributed by atoms with E-state index < -0.39 is 0 Å². The average Bonchev–Trinajstić information content (AvgIpc) is 3.04. The van der Waals surface area contributed by atoms with Crippen LogP contribution in [-0.2, 0) is 16.1 Å². The van der Waals surface area contributed by atoms with E-state index in [1.165, 1.54) is 0 Å². The van der Waals surface area contributed by atoms with Gasteiger partial charge in [-0.2, -0.15) is 4.98 Å². The summed E-state index contributed by atoms with van der Waals surface area (Å²) in [6.45, 7) is 6.41. The third-order valence-corrected chi connectivity index (χ3v) is 4.63. The molecule has 0 spiro atoms. The van der Waals surface area contributed by atoms with Gasteiger partial charge in [0, 0.05) is 25.9 Å². The second-order valence-electron chi connectivity index (χ2n) is 6.43. The van der Waals surface area contributed by atoms with Crippen molar-refractivity contribution in [3.63, 3.8) is 0 Å². The van der Waals surface area contributed by atoms with E-state index in [9.17, 15) is 4.79 Å². The van der Waals surface area contributed by atoms with Gasteiger partial charge in [-0.15, -0.1) is 0 Å². The molecule has 7 heteroatoms. The van der Waals surface area contributed by atoms with Gasteiger partial charge in [-0.1, -0.05) is 5.16 Å². The Labute approximate surface area is 130 Å². The average molecular weight is 308 g/mol. The number of esters is 1. The molecule has 7 nitrogen and oxygen atoms in total. The molecule has 3 atom stereocenters. The summed E-state index contributed by atoms with van der Waals surface area (Å²) in [5.74, 6) is 1.25. The summed E-state index contributed by atoms with van der Waals surface area (Å²) < 4.78 is 10.3. The smallest absolute Gasteiger partial charge is 0.323 e. The minimum atomic E-state index is -0.104. The van der Waals surface area contributed by atoms with Crippen molar-refractivity contribution in [2.75, 3.05) is 20.1 Å². The zero-order valence-electron chi connectivity index (χ0n) is 13.5. The predicted octanol–water partition coefficient (Wildman–Crippen LogP) is 0.978. The van der Waals surface area contributed by atoms with Gasteiger partial charge in [0.05, 0.1) is 6.54 Å². The van der Waals surface area contributed by atoms with Gasteiger partial charge >= 0.3 is 5.97 Å². The number of ether oxygens (including phenoxy) is 1.